The number of rotatable bonds is 2. The maximum absolute atomic E-state index is 12.0. The number of halogens is 1. The second-order valence-corrected chi connectivity index (χ2v) is 5.88. The molecule has 0 amide bonds. The first-order valence-electron chi connectivity index (χ1n) is 6.48. The summed E-state index contributed by atoms with van der Waals surface area (Å²) in [6.07, 6.45) is -1.05. The van der Waals surface area contributed by atoms with Crippen molar-refractivity contribution in [3.8, 4) is 0 Å². The van der Waals surface area contributed by atoms with Gasteiger partial charge in [0.1, 0.15) is 24.1 Å². The van der Waals surface area contributed by atoms with Gasteiger partial charge >= 0.3 is 5.69 Å². The molecule has 2 aliphatic heterocycles. The van der Waals surface area contributed by atoms with E-state index in [0.717, 1.165) is 0 Å². The Bertz CT molecular complexity index is 619. The van der Waals surface area contributed by atoms with Gasteiger partial charge < -0.3 is 25.1 Å². The molecule has 0 saturated carbocycles. The van der Waals surface area contributed by atoms with Crippen LogP contribution in [0, 0.1) is 0 Å². The zero-order valence-corrected chi connectivity index (χ0v) is 12.3. The quantitative estimate of drug-likeness (QED) is 0.783. The summed E-state index contributed by atoms with van der Waals surface area (Å²) in [6, 6.07) is 0. The molecule has 3 heterocycles. The Balaban J connectivity index is 1.99. The van der Waals surface area contributed by atoms with Gasteiger partial charge in [0.15, 0.2) is 12.0 Å². The lowest BCUT2D eigenvalue weighted by Gasteiger charge is -2.24. The first-order chi connectivity index (χ1) is 9.82. The number of ether oxygens (including phenoxy) is 3. The predicted molar refractivity (Wildman–Crippen MR) is 72.7 cm³/mol. The largest absolute Gasteiger partial charge is 0.394 e. The van der Waals surface area contributed by atoms with Crippen LogP contribution in [0.5, 0.6) is 0 Å². The summed E-state index contributed by atoms with van der Waals surface area (Å²) >= 11 is 5.91. The van der Waals surface area contributed by atoms with E-state index in [1.807, 2.05) is 0 Å². The number of anilines is 1. The van der Waals surface area contributed by atoms with Crippen LogP contribution in [-0.2, 0) is 14.2 Å². The van der Waals surface area contributed by atoms with Gasteiger partial charge in [-0.15, -0.1) is 0 Å². The van der Waals surface area contributed by atoms with Gasteiger partial charge in [-0.3, -0.25) is 4.57 Å². The van der Waals surface area contributed by atoms with Gasteiger partial charge in [-0.1, -0.05) is 11.6 Å². The predicted octanol–water partition coefficient (Wildman–Crippen LogP) is -0.111. The topological polar surface area (TPSA) is 109 Å². The maximum atomic E-state index is 12.0. The molecule has 4 atom stereocenters. The van der Waals surface area contributed by atoms with E-state index in [4.69, 9.17) is 31.5 Å². The molecule has 0 spiro atoms. The summed E-state index contributed by atoms with van der Waals surface area (Å²) in [4.78, 5) is 15.6. The number of aromatic nitrogens is 2. The van der Waals surface area contributed by atoms with Crippen LogP contribution < -0.4 is 11.4 Å². The fourth-order valence-corrected chi connectivity index (χ4v) is 2.82. The number of fused-ring (bicyclic) bond motifs is 1. The van der Waals surface area contributed by atoms with E-state index in [2.05, 4.69) is 4.98 Å². The lowest BCUT2D eigenvalue weighted by atomic mass is 10.1. The molecule has 2 fully saturated rings. The molecule has 0 radical (unpaired) electrons. The standard InChI is InChI=1S/C12H16ClN3O5/c1-12(2)20-7-6(4-17)19-10(8(7)21-12)16-3-5(13)9(14)15-11(16)18/h3,6-8,10,17H,4H2,1-2H3,(H2,14,15,18)/t6-,7+,8?,10-/m0/s1. The second-order valence-electron chi connectivity index (χ2n) is 5.48. The van der Waals surface area contributed by atoms with Gasteiger partial charge in [-0.25, -0.2) is 4.79 Å². The SMILES string of the molecule is CC1(C)OC2[C@H](O1)[C@H](CO)O[C@@H]2n1cc(Cl)c(N)nc1=O. The summed E-state index contributed by atoms with van der Waals surface area (Å²) in [5.41, 5.74) is 4.89. The Morgan fingerprint density at radius 1 is 1.48 bits per heavy atom. The van der Waals surface area contributed by atoms with E-state index >= 15 is 0 Å². The third-order valence-corrected chi connectivity index (χ3v) is 3.80. The van der Waals surface area contributed by atoms with E-state index in [0.29, 0.717) is 0 Å². The highest BCUT2D eigenvalue weighted by molar-refractivity contribution is 6.32. The maximum Gasteiger partial charge on any atom is 0.351 e. The molecule has 1 unspecified atom stereocenters. The van der Waals surface area contributed by atoms with Gasteiger partial charge in [-0.2, -0.15) is 4.98 Å². The number of nitrogen functional groups attached to an aromatic ring is 1. The number of nitrogens with two attached hydrogens (primary N) is 1. The van der Waals surface area contributed by atoms with E-state index in [-0.39, 0.29) is 17.4 Å². The molecule has 0 bridgehead atoms. The monoisotopic (exact) mass is 317 g/mol. The number of aliphatic hydroxyl groups is 1. The zero-order valence-electron chi connectivity index (χ0n) is 11.5. The fourth-order valence-electron chi connectivity index (χ4n) is 2.67. The van der Waals surface area contributed by atoms with Crippen LogP contribution in [0.2, 0.25) is 5.02 Å². The summed E-state index contributed by atoms with van der Waals surface area (Å²) < 4.78 is 18.4. The molecule has 0 aromatic carbocycles. The van der Waals surface area contributed by atoms with Crippen molar-refractivity contribution in [1.82, 2.24) is 9.55 Å². The summed E-state index contributed by atoms with van der Waals surface area (Å²) in [7, 11) is 0. The summed E-state index contributed by atoms with van der Waals surface area (Å²) in [5.74, 6) is -0.866. The minimum absolute atomic E-state index is 0.0462. The van der Waals surface area contributed by atoms with Crippen molar-refractivity contribution in [3.63, 3.8) is 0 Å². The number of hydrogen-bond acceptors (Lipinski definition) is 7. The average molecular weight is 318 g/mol. The lowest BCUT2D eigenvalue weighted by Crippen LogP contribution is -2.35. The second kappa shape index (κ2) is 4.92. The van der Waals surface area contributed by atoms with Crippen molar-refractivity contribution in [1.29, 1.82) is 0 Å². The highest BCUT2D eigenvalue weighted by Gasteiger charge is 2.55. The van der Waals surface area contributed by atoms with Crippen LogP contribution in [0.15, 0.2) is 11.0 Å². The van der Waals surface area contributed by atoms with Gasteiger partial charge in [0, 0.05) is 6.20 Å². The van der Waals surface area contributed by atoms with Crippen LogP contribution in [0.4, 0.5) is 5.82 Å². The van der Waals surface area contributed by atoms with E-state index in [9.17, 15) is 9.90 Å². The van der Waals surface area contributed by atoms with Crippen LogP contribution >= 0.6 is 11.6 Å². The third kappa shape index (κ3) is 2.43. The van der Waals surface area contributed by atoms with E-state index in [1.165, 1.54) is 10.8 Å². The van der Waals surface area contributed by atoms with Crippen molar-refractivity contribution < 1.29 is 19.3 Å². The molecular weight excluding hydrogens is 302 g/mol. The molecule has 3 rings (SSSR count). The van der Waals surface area contributed by atoms with Crippen molar-refractivity contribution >= 4 is 17.4 Å². The van der Waals surface area contributed by atoms with Crippen molar-refractivity contribution in [2.45, 2.75) is 44.2 Å². The van der Waals surface area contributed by atoms with Crippen molar-refractivity contribution in [3.05, 3.63) is 21.7 Å². The molecule has 8 nitrogen and oxygen atoms in total. The van der Waals surface area contributed by atoms with Crippen LogP contribution in [0.25, 0.3) is 0 Å². The molecule has 3 N–H and O–H groups in total. The Kier molecular flexibility index (Phi) is 3.45. The van der Waals surface area contributed by atoms with Gasteiger partial charge in [-0.05, 0) is 13.8 Å². The molecule has 0 aliphatic carbocycles. The van der Waals surface area contributed by atoms with Crippen molar-refractivity contribution in [2.75, 3.05) is 12.3 Å². The Morgan fingerprint density at radius 2 is 2.14 bits per heavy atom. The molecule has 1 aromatic rings. The van der Waals surface area contributed by atoms with Gasteiger partial charge in [0.05, 0.1) is 11.6 Å². The van der Waals surface area contributed by atoms with Crippen molar-refractivity contribution in [2.24, 2.45) is 0 Å². The lowest BCUT2D eigenvalue weighted by molar-refractivity contribution is -0.200. The van der Waals surface area contributed by atoms with Crippen LogP contribution in [-0.4, -0.2) is 45.4 Å². The van der Waals surface area contributed by atoms with E-state index < -0.39 is 36.0 Å². The molecule has 21 heavy (non-hydrogen) atoms. The number of hydrogen-bond donors (Lipinski definition) is 2. The smallest absolute Gasteiger partial charge is 0.351 e. The molecule has 116 valence electrons. The Labute approximate surface area is 125 Å². The van der Waals surface area contributed by atoms with Gasteiger partial charge in [0.2, 0.25) is 0 Å². The molecule has 1 aromatic heterocycles. The molecule has 2 saturated heterocycles. The minimum atomic E-state index is -0.820. The van der Waals surface area contributed by atoms with Crippen LogP contribution in [0.1, 0.15) is 20.1 Å². The average Bonchev–Trinajstić information content (AvgIpc) is 2.87. The normalized spacial score (nSPS) is 34.1. The Morgan fingerprint density at radius 3 is 2.81 bits per heavy atom. The molecule has 9 heteroatoms. The first-order valence-corrected chi connectivity index (χ1v) is 6.86. The third-order valence-electron chi connectivity index (χ3n) is 3.51. The zero-order chi connectivity index (χ0) is 15.4. The van der Waals surface area contributed by atoms with Crippen LogP contribution in [0.3, 0.4) is 0 Å². The fraction of sp³-hybridized carbons (Fsp3) is 0.667. The number of nitrogens with zero attached hydrogens (tertiary/aromatic N) is 2. The molecule has 2 aliphatic rings. The number of aliphatic hydroxyl groups excluding tert-OH is 1. The van der Waals surface area contributed by atoms with E-state index in [1.54, 1.807) is 13.8 Å². The summed E-state index contributed by atoms with van der Waals surface area (Å²) in [6.45, 7) is 3.27. The van der Waals surface area contributed by atoms with Gasteiger partial charge in [0.25, 0.3) is 0 Å². The highest BCUT2D eigenvalue weighted by atomic mass is 35.5. The minimum Gasteiger partial charge on any atom is -0.394 e. The molecular formula is C12H16ClN3O5. The highest BCUT2D eigenvalue weighted by Crippen LogP contribution is 2.42. The summed E-state index contributed by atoms with van der Waals surface area (Å²) in [5, 5.41) is 9.55. The first kappa shape index (κ1) is 14.7. The Hall–Kier alpha value is -1.19.